The Labute approximate surface area is 181 Å². The first-order chi connectivity index (χ1) is 15.0. The molecule has 2 aliphatic rings. The Balaban J connectivity index is 1.36. The molecule has 3 aromatic rings. The summed E-state index contributed by atoms with van der Waals surface area (Å²) in [6.45, 7) is 0.842. The van der Waals surface area contributed by atoms with Gasteiger partial charge in [-0.25, -0.2) is 4.98 Å². The maximum Gasteiger partial charge on any atom is 0.256 e. The molecule has 1 aliphatic carbocycles. The number of carbonyl (C=O) groups is 1. The fourth-order valence-electron chi connectivity index (χ4n) is 3.93. The molecule has 1 unspecified atom stereocenters. The fourth-order valence-corrected chi connectivity index (χ4v) is 3.93. The van der Waals surface area contributed by atoms with Crippen LogP contribution in [0.1, 0.15) is 27.9 Å². The van der Waals surface area contributed by atoms with Gasteiger partial charge in [-0.3, -0.25) is 9.79 Å². The van der Waals surface area contributed by atoms with E-state index < -0.39 is 0 Å². The standard InChI is InChI=1S/C25H25N5O/c1-29(2)14-16-4-6-17(7-5-16)25(31)28-24-11-20-10-18(8-9-19(20)13-26-24)22-15-30(3)23-12-21(23)27-22/h4-11,13,15,23H,12,14H2,1-3H3,(H,26,28,31). The molecule has 6 heteroatoms. The summed E-state index contributed by atoms with van der Waals surface area (Å²) in [6, 6.07) is 16.3. The Hall–Kier alpha value is -3.51. The molecule has 1 saturated carbocycles. The predicted octanol–water partition coefficient (Wildman–Crippen LogP) is 4.01. The first kappa shape index (κ1) is 19.5. The third kappa shape index (κ3) is 4.07. The van der Waals surface area contributed by atoms with Crippen molar-refractivity contribution >= 4 is 33.9 Å². The molecule has 5 rings (SSSR count). The summed E-state index contributed by atoms with van der Waals surface area (Å²) in [4.78, 5) is 26.2. The molecule has 1 atom stereocenters. The molecule has 156 valence electrons. The Kier molecular flexibility index (Phi) is 4.79. The Morgan fingerprint density at radius 3 is 2.68 bits per heavy atom. The summed E-state index contributed by atoms with van der Waals surface area (Å²) in [5.41, 5.74) is 5.08. The number of anilines is 1. The minimum Gasteiger partial charge on any atom is -0.370 e. The van der Waals surface area contributed by atoms with Crippen LogP contribution < -0.4 is 5.32 Å². The van der Waals surface area contributed by atoms with Crippen LogP contribution in [0.4, 0.5) is 5.82 Å². The number of aliphatic imine (C=N–C) groups is 1. The summed E-state index contributed by atoms with van der Waals surface area (Å²) in [5.74, 6) is 0.373. The highest BCUT2D eigenvalue weighted by Crippen LogP contribution is 2.34. The van der Waals surface area contributed by atoms with Gasteiger partial charge in [0, 0.05) is 54.6 Å². The molecule has 1 aromatic heterocycles. The minimum absolute atomic E-state index is 0.165. The molecule has 6 nitrogen and oxygen atoms in total. The van der Waals surface area contributed by atoms with Gasteiger partial charge in [0.1, 0.15) is 5.82 Å². The number of nitrogens with one attached hydrogen (secondary N) is 1. The summed E-state index contributed by atoms with van der Waals surface area (Å²) in [7, 11) is 6.14. The average molecular weight is 412 g/mol. The lowest BCUT2D eigenvalue weighted by atomic mass is 10.1. The number of fused-ring (bicyclic) bond motifs is 2. The van der Waals surface area contributed by atoms with Gasteiger partial charge in [0.2, 0.25) is 0 Å². The predicted molar refractivity (Wildman–Crippen MR) is 125 cm³/mol. The van der Waals surface area contributed by atoms with E-state index >= 15 is 0 Å². The van der Waals surface area contributed by atoms with Crippen molar-refractivity contribution in [2.45, 2.75) is 19.0 Å². The van der Waals surface area contributed by atoms with E-state index in [4.69, 9.17) is 4.99 Å². The van der Waals surface area contributed by atoms with Crippen LogP contribution in [0.5, 0.6) is 0 Å². The average Bonchev–Trinajstić information content (AvgIpc) is 3.54. The van der Waals surface area contributed by atoms with Gasteiger partial charge in [-0.05, 0) is 49.3 Å². The van der Waals surface area contributed by atoms with Gasteiger partial charge < -0.3 is 15.1 Å². The lowest BCUT2D eigenvalue weighted by Crippen LogP contribution is -2.18. The molecule has 2 heterocycles. The van der Waals surface area contributed by atoms with Gasteiger partial charge in [0.05, 0.1) is 11.7 Å². The van der Waals surface area contributed by atoms with Crippen molar-refractivity contribution in [2.24, 2.45) is 4.99 Å². The smallest absolute Gasteiger partial charge is 0.256 e. The van der Waals surface area contributed by atoms with Gasteiger partial charge in [-0.2, -0.15) is 0 Å². The van der Waals surface area contributed by atoms with E-state index in [-0.39, 0.29) is 5.91 Å². The normalized spacial score (nSPS) is 17.3. The molecule has 0 radical (unpaired) electrons. The fraction of sp³-hybridized carbons (Fsp3) is 0.240. The molecule has 0 bridgehead atoms. The number of rotatable bonds is 5. The molecule has 31 heavy (non-hydrogen) atoms. The van der Waals surface area contributed by atoms with Crippen molar-refractivity contribution < 1.29 is 4.79 Å². The van der Waals surface area contributed by atoms with Gasteiger partial charge in [-0.15, -0.1) is 0 Å². The third-order valence-corrected chi connectivity index (χ3v) is 5.68. The molecule has 1 fully saturated rings. The molecule has 1 N–H and O–H groups in total. The maximum absolute atomic E-state index is 12.7. The summed E-state index contributed by atoms with van der Waals surface area (Å²) in [6.07, 6.45) is 4.95. The van der Waals surface area contributed by atoms with Crippen LogP contribution in [-0.4, -0.2) is 53.6 Å². The van der Waals surface area contributed by atoms with Crippen molar-refractivity contribution in [3.63, 3.8) is 0 Å². The zero-order valence-electron chi connectivity index (χ0n) is 18.0. The molecular formula is C25H25N5O. The molecule has 1 aliphatic heterocycles. The van der Waals surface area contributed by atoms with Crippen molar-refractivity contribution in [2.75, 3.05) is 26.5 Å². The number of benzene rings is 2. The van der Waals surface area contributed by atoms with Crippen molar-refractivity contribution in [1.82, 2.24) is 14.8 Å². The maximum atomic E-state index is 12.7. The second kappa shape index (κ2) is 7.63. The largest absolute Gasteiger partial charge is 0.370 e. The number of pyridine rings is 1. The van der Waals surface area contributed by atoms with E-state index in [0.717, 1.165) is 35.0 Å². The zero-order chi connectivity index (χ0) is 21.5. The van der Waals surface area contributed by atoms with E-state index in [2.05, 4.69) is 45.5 Å². The van der Waals surface area contributed by atoms with E-state index in [1.54, 1.807) is 6.20 Å². The Morgan fingerprint density at radius 2 is 1.94 bits per heavy atom. The number of carbonyl (C=O) groups excluding carboxylic acids is 1. The Bertz CT molecular complexity index is 1230. The number of nitrogens with zero attached hydrogens (tertiary/aromatic N) is 4. The van der Waals surface area contributed by atoms with Crippen LogP contribution in [0.3, 0.4) is 0 Å². The highest BCUT2D eigenvalue weighted by Gasteiger charge is 2.37. The second-order valence-corrected chi connectivity index (χ2v) is 8.52. The first-order valence-electron chi connectivity index (χ1n) is 10.4. The lowest BCUT2D eigenvalue weighted by molar-refractivity contribution is 0.102. The van der Waals surface area contributed by atoms with E-state index in [0.29, 0.717) is 17.4 Å². The van der Waals surface area contributed by atoms with Crippen molar-refractivity contribution in [3.05, 3.63) is 77.6 Å². The number of hydrogen-bond donors (Lipinski definition) is 1. The first-order valence-corrected chi connectivity index (χ1v) is 10.4. The van der Waals surface area contributed by atoms with Crippen LogP contribution in [0.2, 0.25) is 0 Å². The van der Waals surface area contributed by atoms with E-state index in [1.165, 1.54) is 11.3 Å². The molecule has 0 spiro atoms. The highest BCUT2D eigenvalue weighted by molar-refractivity contribution is 6.09. The van der Waals surface area contributed by atoms with Crippen LogP contribution in [0, 0.1) is 0 Å². The Morgan fingerprint density at radius 1 is 1.13 bits per heavy atom. The molecular weight excluding hydrogens is 386 g/mol. The van der Waals surface area contributed by atoms with Gasteiger partial charge >= 0.3 is 0 Å². The zero-order valence-corrected chi connectivity index (χ0v) is 18.0. The number of hydrogen-bond acceptors (Lipinski definition) is 5. The number of aromatic nitrogens is 1. The van der Waals surface area contributed by atoms with Crippen molar-refractivity contribution in [3.8, 4) is 0 Å². The van der Waals surface area contributed by atoms with Crippen LogP contribution in [0.25, 0.3) is 16.5 Å². The van der Waals surface area contributed by atoms with Gasteiger partial charge in [0.25, 0.3) is 5.91 Å². The van der Waals surface area contributed by atoms with Crippen LogP contribution >= 0.6 is 0 Å². The van der Waals surface area contributed by atoms with Crippen LogP contribution in [-0.2, 0) is 6.54 Å². The van der Waals surface area contributed by atoms with Gasteiger partial charge in [0.15, 0.2) is 0 Å². The quantitative estimate of drug-likeness (QED) is 0.689. The molecule has 2 aromatic carbocycles. The van der Waals surface area contributed by atoms with E-state index in [9.17, 15) is 4.79 Å². The SMILES string of the molecule is CN(C)Cc1ccc(C(=O)Nc2cc3cc(C4=CN(C)C5CC5=N4)ccc3cn2)cc1. The second-order valence-electron chi connectivity index (χ2n) is 8.52. The third-order valence-electron chi connectivity index (χ3n) is 5.68. The summed E-state index contributed by atoms with van der Waals surface area (Å²) in [5, 5.41) is 4.96. The minimum atomic E-state index is -0.165. The monoisotopic (exact) mass is 411 g/mol. The van der Waals surface area contributed by atoms with E-state index in [1.807, 2.05) is 50.5 Å². The molecule has 1 amide bonds. The summed E-state index contributed by atoms with van der Waals surface area (Å²) < 4.78 is 0. The van der Waals surface area contributed by atoms with Crippen LogP contribution in [0.15, 0.2) is 65.9 Å². The topological polar surface area (TPSA) is 60.8 Å². The number of amides is 1. The lowest BCUT2D eigenvalue weighted by Gasteiger charge is -2.17. The molecule has 0 saturated heterocycles. The van der Waals surface area contributed by atoms with Crippen molar-refractivity contribution in [1.29, 1.82) is 0 Å². The van der Waals surface area contributed by atoms with Gasteiger partial charge in [-0.1, -0.05) is 24.3 Å². The summed E-state index contributed by atoms with van der Waals surface area (Å²) >= 11 is 0. The highest BCUT2D eigenvalue weighted by atomic mass is 16.1.